The van der Waals surface area contributed by atoms with Crippen molar-refractivity contribution in [1.29, 1.82) is 0 Å². The lowest BCUT2D eigenvalue weighted by Crippen LogP contribution is -2.30. The first kappa shape index (κ1) is 14.7. The Balaban J connectivity index is 2.26. The zero-order chi connectivity index (χ0) is 14.9. The number of carbonyl (C=O) groups is 1. The van der Waals surface area contributed by atoms with Gasteiger partial charge < -0.3 is 4.90 Å². The van der Waals surface area contributed by atoms with E-state index in [1.807, 2.05) is 0 Å². The molecule has 0 aromatic carbocycles. The highest BCUT2D eigenvalue weighted by Gasteiger charge is 2.32. The largest absolute Gasteiger partial charge is 0.338 e. The molecule has 108 valence electrons. The van der Waals surface area contributed by atoms with Crippen LogP contribution in [0, 0.1) is 22.0 Å². The number of aromatic nitrogens is 1. The summed E-state index contributed by atoms with van der Waals surface area (Å²) in [6, 6.07) is 1.27. The summed E-state index contributed by atoms with van der Waals surface area (Å²) < 4.78 is 0. The first-order valence-corrected chi connectivity index (χ1v) is 6.87. The normalized spacial score (nSPS) is 18.6. The Bertz CT molecular complexity index is 548. The van der Waals surface area contributed by atoms with E-state index in [0.29, 0.717) is 24.9 Å². The number of amides is 1. The number of nitro groups is 1. The predicted molar refractivity (Wildman–Crippen MR) is 74.7 cm³/mol. The van der Waals surface area contributed by atoms with Gasteiger partial charge in [0.2, 0.25) is 0 Å². The number of hydrogen-bond acceptors (Lipinski definition) is 4. The SMILES string of the molecule is CC(C)C1CCN(C(=O)c2cc(Cl)ncc2[N+](=O)[O-])C1. The van der Waals surface area contributed by atoms with Crippen LogP contribution in [0.5, 0.6) is 0 Å². The minimum absolute atomic E-state index is 0.0133. The van der Waals surface area contributed by atoms with Gasteiger partial charge in [0, 0.05) is 13.1 Å². The van der Waals surface area contributed by atoms with Crippen LogP contribution in [0.25, 0.3) is 0 Å². The van der Waals surface area contributed by atoms with Crippen LogP contribution in [0.1, 0.15) is 30.6 Å². The van der Waals surface area contributed by atoms with Gasteiger partial charge in [-0.1, -0.05) is 25.4 Å². The van der Waals surface area contributed by atoms with Gasteiger partial charge in [0.25, 0.3) is 11.6 Å². The molecule has 0 saturated carbocycles. The Hall–Kier alpha value is -1.69. The lowest BCUT2D eigenvalue weighted by molar-refractivity contribution is -0.385. The Morgan fingerprint density at radius 1 is 1.60 bits per heavy atom. The molecule has 0 bridgehead atoms. The number of carbonyl (C=O) groups excluding carboxylic acids is 1. The molecule has 1 saturated heterocycles. The van der Waals surface area contributed by atoms with Crippen LogP contribution in [-0.4, -0.2) is 33.8 Å². The van der Waals surface area contributed by atoms with Gasteiger partial charge in [0.15, 0.2) is 0 Å². The quantitative estimate of drug-likeness (QED) is 0.488. The van der Waals surface area contributed by atoms with Crippen LogP contribution in [0.3, 0.4) is 0 Å². The Labute approximate surface area is 121 Å². The van der Waals surface area contributed by atoms with Gasteiger partial charge in [-0.2, -0.15) is 0 Å². The van der Waals surface area contributed by atoms with Crippen LogP contribution in [0.15, 0.2) is 12.3 Å². The summed E-state index contributed by atoms with van der Waals surface area (Å²) in [5, 5.41) is 11.1. The first-order chi connectivity index (χ1) is 9.40. The molecule has 2 rings (SSSR count). The summed E-state index contributed by atoms with van der Waals surface area (Å²) in [5.74, 6) is 0.586. The van der Waals surface area contributed by atoms with Crippen molar-refractivity contribution in [3.63, 3.8) is 0 Å². The third-order valence-corrected chi connectivity index (χ3v) is 3.94. The summed E-state index contributed by atoms with van der Waals surface area (Å²) >= 11 is 5.75. The Kier molecular flexibility index (Phi) is 4.23. The van der Waals surface area contributed by atoms with Crippen molar-refractivity contribution in [2.45, 2.75) is 20.3 Å². The maximum absolute atomic E-state index is 12.4. The molecule has 1 fully saturated rings. The van der Waals surface area contributed by atoms with E-state index in [2.05, 4.69) is 18.8 Å². The highest BCUT2D eigenvalue weighted by Crippen LogP contribution is 2.28. The van der Waals surface area contributed by atoms with Crippen molar-refractivity contribution in [2.24, 2.45) is 11.8 Å². The summed E-state index contributed by atoms with van der Waals surface area (Å²) in [6.07, 6.45) is 1.96. The monoisotopic (exact) mass is 297 g/mol. The van der Waals surface area contributed by atoms with E-state index in [-0.39, 0.29) is 22.3 Å². The second-order valence-electron chi connectivity index (χ2n) is 5.33. The minimum atomic E-state index is -0.605. The van der Waals surface area contributed by atoms with Crippen LogP contribution < -0.4 is 0 Å². The number of pyridine rings is 1. The van der Waals surface area contributed by atoms with Crippen molar-refractivity contribution in [2.75, 3.05) is 13.1 Å². The lowest BCUT2D eigenvalue weighted by Gasteiger charge is -2.18. The van der Waals surface area contributed by atoms with Crippen molar-refractivity contribution < 1.29 is 9.72 Å². The molecule has 1 aromatic heterocycles. The molecule has 0 spiro atoms. The van der Waals surface area contributed by atoms with E-state index in [0.717, 1.165) is 12.6 Å². The van der Waals surface area contributed by atoms with Crippen LogP contribution in [0.4, 0.5) is 5.69 Å². The molecule has 0 radical (unpaired) electrons. The molecule has 1 aliphatic rings. The third-order valence-electron chi connectivity index (χ3n) is 3.73. The third kappa shape index (κ3) is 2.90. The molecule has 1 atom stereocenters. The molecule has 0 N–H and O–H groups in total. The molecule has 1 unspecified atom stereocenters. The summed E-state index contributed by atoms with van der Waals surface area (Å²) in [7, 11) is 0. The van der Waals surface area contributed by atoms with E-state index in [4.69, 9.17) is 11.6 Å². The number of likely N-dealkylation sites (tertiary alicyclic amines) is 1. The van der Waals surface area contributed by atoms with Crippen LogP contribution in [-0.2, 0) is 0 Å². The van der Waals surface area contributed by atoms with Crippen molar-refractivity contribution >= 4 is 23.2 Å². The molecule has 1 aromatic rings. The summed E-state index contributed by atoms with van der Waals surface area (Å²) in [5.41, 5.74) is -0.285. The van der Waals surface area contributed by atoms with Gasteiger partial charge in [-0.25, -0.2) is 4.98 Å². The van der Waals surface area contributed by atoms with Gasteiger partial charge in [-0.3, -0.25) is 14.9 Å². The second kappa shape index (κ2) is 5.75. The molecule has 2 heterocycles. The maximum atomic E-state index is 12.4. The molecule has 1 aliphatic heterocycles. The topological polar surface area (TPSA) is 76.3 Å². The summed E-state index contributed by atoms with van der Waals surface area (Å²) in [6.45, 7) is 5.49. The lowest BCUT2D eigenvalue weighted by atomic mass is 9.95. The molecular formula is C13H16ClN3O3. The standard InChI is InChI=1S/C13H16ClN3O3/c1-8(2)9-3-4-16(7-9)13(18)10-5-12(14)15-6-11(10)17(19)20/h5-6,8-9H,3-4,7H2,1-2H3. The van der Waals surface area contributed by atoms with Gasteiger partial charge >= 0.3 is 0 Å². The van der Waals surface area contributed by atoms with Crippen molar-refractivity contribution in [1.82, 2.24) is 9.88 Å². The van der Waals surface area contributed by atoms with Gasteiger partial charge in [-0.05, 0) is 24.3 Å². The van der Waals surface area contributed by atoms with E-state index in [1.54, 1.807) is 4.90 Å². The number of halogens is 1. The highest BCUT2D eigenvalue weighted by molar-refractivity contribution is 6.29. The maximum Gasteiger partial charge on any atom is 0.300 e. The number of hydrogen-bond donors (Lipinski definition) is 0. The second-order valence-corrected chi connectivity index (χ2v) is 5.71. The van der Waals surface area contributed by atoms with Crippen LogP contribution >= 0.6 is 11.6 Å². The molecular weight excluding hydrogens is 282 g/mol. The Morgan fingerprint density at radius 3 is 2.85 bits per heavy atom. The molecule has 7 heteroatoms. The average molecular weight is 298 g/mol. The van der Waals surface area contributed by atoms with Crippen LogP contribution in [0.2, 0.25) is 5.15 Å². The fourth-order valence-electron chi connectivity index (χ4n) is 2.43. The zero-order valence-corrected chi connectivity index (χ0v) is 12.1. The number of rotatable bonds is 3. The van der Waals surface area contributed by atoms with Gasteiger partial charge in [0.05, 0.1) is 4.92 Å². The molecule has 0 aliphatic carbocycles. The van der Waals surface area contributed by atoms with Crippen molar-refractivity contribution in [3.05, 3.63) is 33.1 Å². The highest BCUT2D eigenvalue weighted by atomic mass is 35.5. The van der Waals surface area contributed by atoms with E-state index in [1.165, 1.54) is 6.07 Å². The minimum Gasteiger partial charge on any atom is -0.338 e. The zero-order valence-electron chi connectivity index (χ0n) is 11.4. The predicted octanol–water partition coefficient (Wildman–Crippen LogP) is 2.76. The van der Waals surface area contributed by atoms with E-state index in [9.17, 15) is 14.9 Å². The first-order valence-electron chi connectivity index (χ1n) is 6.49. The van der Waals surface area contributed by atoms with E-state index < -0.39 is 4.92 Å². The van der Waals surface area contributed by atoms with Crippen molar-refractivity contribution in [3.8, 4) is 0 Å². The fraction of sp³-hybridized carbons (Fsp3) is 0.538. The smallest absolute Gasteiger partial charge is 0.300 e. The molecule has 20 heavy (non-hydrogen) atoms. The Morgan fingerprint density at radius 2 is 2.30 bits per heavy atom. The van der Waals surface area contributed by atoms with Gasteiger partial charge in [0.1, 0.15) is 16.9 Å². The molecule has 1 amide bonds. The molecule has 6 nitrogen and oxygen atoms in total. The fourth-order valence-corrected chi connectivity index (χ4v) is 2.58. The summed E-state index contributed by atoms with van der Waals surface area (Å²) in [4.78, 5) is 28.1. The average Bonchev–Trinajstić information content (AvgIpc) is 2.87. The van der Waals surface area contributed by atoms with Gasteiger partial charge in [-0.15, -0.1) is 0 Å². The van der Waals surface area contributed by atoms with E-state index >= 15 is 0 Å². The number of nitrogens with zero attached hydrogens (tertiary/aromatic N) is 3.